The molecule has 0 bridgehead atoms. The molecule has 0 atom stereocenters. The Kier molecular flexibility index (Phi) is 8.42. The van der Waals surface area contributed by atoms with E-state index in [1.807, 2.05) is 23.5 Å². The maximum Gasteiger partial charge on any atom is 0.0622 e. The van der Waals surface area contributed by atoms with E-state index in [-0.39, 0.29) is 5.41 Å². The predicted octanol–water partition coefficient (Wildman–Crippen LogP) is 16.5. The van der Waals surface area contributed by atoms with Crippen molar-refractivity contribution in [3.05, 3.63) is 217 Å². The third-order valence-corrected chi connectivity index (χ3v) is 15.2. The lowest BCUT2D eigenvalue weighted by molar-refractivity contribution is 0.642. The predicted molar refractivity (Wildman–Crippen MR) is 259 cm³/mol. The van der Waals surface area contributed by atoms with E-state index in [2.05, 4.69) is 230 Å². The van der Waals surface area contributed by atoms with Gasteiger partial charge in [-0.3, -0.25) is 0 Å². The van der Waals surface area contributed by atoms with Gasteiger partial charge >= 0.3 is 0 Å². The molecule has 1 aromatic heterocycles. The Morgan fingerprint density at radius 1 is 0.426 bits per heavy atom. The lowest BCUT2D eigenvalue weighted by Gasteiger charge is -2.28. The monoisotopic (exact) mass is 816 g/mol. The zero-order valence-electron chi connectivity index (χ0n) is 33.8. The number of nitrogens with zero attached hydrogens (tertiary/aromatic N) is 2. The molecule has 0 amide bonds. The molecule has 0 spiro atoms. The summed E-state index contributed by atoms with van der Waals surface area (Å²) in [5.41, 5.74) is 17.1. The molecule has 1 aliphatic carbocycles. The van der Waals surface area contributed by atoms with Crippen molar-refractivity contribution in [2.75, 3.05) is 4.90 Å². The van der Waals surface area contributed by atoms with E-state index in [1.165, 1.54) is 85.9 Å². The van der Waals surface area contributed by atoms with Gasteiger partial charge < -0.3 is 9.47 Å². The van der Waals surface area contributed by atoms with Gasteiger partial charge in [0.25, 0.3) is 0 Å². The molecule has 290 valence electrons. The zero-order chi connectivity index (χ0) is 40.7. The van der Waals surface area contributed by atoms with Crippen LogP contribution in [0.4, 0.5) is 17.1 Å². The fourth-order valence-electron chi connectivity index (χ4n) is 9.74. The number of fused-ring (bicyclic) bond motifs is 10. The van der Waals surface area contributed by atoms with Crippen molar-refractivity contribution in [1.29, 1.82) is 0 Å². The molecule has 12 rings (SSSR count). The van der Waals surface area contributed by atoms with Gasteiger partial charge in [-0.15, -0.1) is 0 Å². The molecule has 2 nitrogen and oxygen atoms in total. The van der Waals surface area contributed by atoms with Gasteiger partial charge in [0.15, 0.2) is 0 Å². The van der Waals surface area contributed by atoms with Crippen LogP contribution in [0.5, 0.6) is 0 Å². The highest BCUT2D eigenvalue weighted by molar-refractivity contribution is 8.05. The first kappa shape index (κ1) is 36.2. The molecule has 4 heteroatoms. The highest BCUT2D eigenvalue weighted by Crippen LogP contribution is 2.60. The van der Waals surface area contributed by atoms with E-state index in [0.29, 0.717) is 0 Å². The van der Waals surface area contributed by atoms with Gasteiger partial charge in [0.1, 0.15) is 0 Å². The molecule has 0 fully saturated rings. The minimum Gasteiger partial charge on any atom is -0.311 e. The summed E-state index contributed by atoms with van der Waals surface area (Å²) in [6.07, 6.45) is 0. The third-order valence-electron chi connectivity index (χ3n) is 12.6. The van der Waals surface area contributed by atoms with Crippen LogP contribution in [0, 0.1) is 0 Å². The molecule has 10 aromatic rings. The molecule has 0 saturated carbocycles. The Bertz CT molecular complexity index is 3210. The summed E-state index contributed by atoms with van der Waals surface area (Å²) in [4.78, 5) is 7.80. The van der Waals surface area contributed by atoms with Crippen molar-refractivity contribution < 1.29 is 0 Å². The van der Waals surface area contributed by atoms with Gasteiger partial charge in [-0.25, -0.2) is 0 Å². The standard InChI is InChI=1S/C57H40N2S2/c1-57(2)48-35-33-46-45-17-9-10-18-49(45)59(55(46)53(48)47-34-36-52-56(54(47)57)61-51-20-12-11-19-50(51)60-52)44-31-29-43(30-32-44)58(41-25-21-39(22-26-41)37-13-5-3-6-14-37)42-27-23-40(24-28-42)38-15-7-4-8-16-38/h3-36H,1-2H3. The summed E-state index contributed by atoms with van der Waals surface area (Å²) < 4.78 is 2.52. The number of para-hydroxylation sites is 1. The topological polar surface area (TPSA) is 8.17 Å². The highest BCUT2D eigenvalue weighted by atomic mass is 32.2. The Morgan fingerprint density at radius 2 is 0.951 bits per heavy atom. The Labute approximate surface area is 365 Å². The second-order valence-electron chi connectivity index (χ2n) is 16.5. The minimum atomic E-state index is -0.165. The lowest BCUT2D eigenvalue weighted by Crippen LogP contribution is -2.17. The van der Waals surface area contributed by atoms with E-state index in [0.717, 1.165) is 22.7 Å². The molecule has 2 aliphatic rings. The molecule has 9 aromatic carbocycles. The molecule has 2 heterocycles. The molecular formula is C57H40N2S2. The maximum absolute atomic E-state index is 2.52. The first-order valence-corrected chi connectivity index (χ1v) is 22.6. The molecular weight excluding hydrogens is 777 g/mol. The number of anilines is 3. The van der Waals surface area contributed by atoms with Crippen LogP contribution in [0.25, 0.3) is 60.9 Å². The molecule has 61 heavy (non-hydrogen) atoms. The summed E-state index contributed by atoms with van der Waals surface area (Å²) in [6, 6.07) is 75.6. The lowest BCUT2D eigenvalue weighted by atomic mass is 9.82. The highest BCUT2D eigenvalue weighted by Gasteiger charge is 2.41. The van der Waals surface area contributed by atoms with Crippen LogP contribution < -0.4 is 4.90 Å². The van der Waals surface area contributed by atoms with Crippen LogP contribution in [-0.2, 0) is 5.41 Å². The first-order valence-electron chi connectivity index (χ1n) is 20.9. The quantitative estimate of drug-likeness (QED) is 0.165. The fraction of sp³-hybridized carbons (Fsp3) is 0.0526. The van der Waals surface area contributed by atoms with Crippen LogP contribution >= 0.6 is 23.5 Å². The van der Waals surface area contributed by atoms with Crippen LogP contribution in [0.2, 0.25) is 0 Å². The molecule has 0 unspecified atom stereocenters. The van der Waals surface area contributed by atoms with E-state index >= 15 is 0 Å². The van der Waals surface area contributed by atoms with Crippen LogP contribution in [0.1, 0.15) is 25.0 Å². The van der Waals surface area contributed by atoms with E-state index < -0.39 is 0 Å². The van der Waals surface area contributed by atoms with Gasteiger partial charge in [-0.1, -0.05) is 171 Å². The summed E-state index contributed by atoms with van der Waals surface area (Å²) in [5, 5.41) is 2.55. The van der Waals surface area contributed by atoms with Crippen molar-refractivity contribution in [3.8, 4) is 39.1 Å². The van der Waals surface area contributed by atoms with Crippen molar-refractivity contribution in [2.24, 2.45) is 0 Å². The number of rotatable bonds is 6. The Balaban J connectivity index is 1.00. The number of benzene rings is 9. The van der Waals surface area contributed by atoms with Crippen LogP contribution in [0.3, 0.4) is 0 Å². The largest absolute Gasteiger partial charge is 0.311 e. The maximum atomic E-state index is 2.52. The zero-order valence-corrected chi connectivity index (χ0v) is 35.5. The Morgan fingerprint density at radius 3 is 1.57 bits per heavy atom. The summed E-state index contributed by atoms with van der Waals surface area (Å²) in [6.45, 7) is 4.84. The summed E-state index contributed by atoms with van der Waals surface area (Å²) >= 11 is 3.84. The number of aromatic nitrogens is 1. The molecule has 1 aliphatic heterocycles. The average Bonchev–Trinajstić information content (AvgIpc) is 3.78. The minimum absolute atomic E-state index is 0.165. The van der Waals surface area contributed by atoms with Crippen molar-refractivity contribution in [2.45, 2.75) is 38.8 Å². The normalized spacial score (nSPS) is 13.4. The van der Waals surface area contributed by atoms with Crippen molar-refractivity contribution in [1.82, 2.24) is 4.57 Å². The van der Waals surface area contributed by atoms with E-state index in [4.69, 9.17) is 0 Å². The molecule has 0 radical (unpaired) electrons. The second kappa shape index (κ2) is 14.2. The van der Waals surface area contributed by atoms with Crippen LogP contribution in [-0.4, -0.2) is 4.57 Å². The number of hydrogen-bond acceptors (Lipinski definition) is 3. The van der Waals surface area contributed by atoms with Gasteiger partial charge in [0.2, 0.25) is 0 Å². The van der Waals surface area contributed by atoms with Crippen LogP contribution in [0.15, 0.2) is 226 Å². The molecule has 0 saturated heterocycles. The average molecular weight is 817 g/mol. The molecule has 0 N–H and O–H groups in total. The Hall–Kier alpha value is -6.72. The first-order chi connectivity index (χ1) is 30.0. The second-order valence-corrected chi connectivity index (χ2v) is 18.6. The summed E-state index contributed by atoms with van der Waals surface area (Å²) in [7, 11) is 0. The van der Waals surface area contributed by atoms with Crippen molar-refractivity contribution >= 4 is 62.4 Å². The van der Waals surface area contributed by atoms with E-state index in [9.17, 15) is 0 Å². The van der Waals surface area contributed by atoms with E-state index in [1.54, 1.807) is 0 Å². The SMILES string of the molecule is CC1(C)c2ccc3c4ccccc4n(-c4ccc(N(c5ccc(-c6ccccc6)cc5)c5ccc(-c6ccccc6)cc5)cc4)c3c2-c2ccc3c(c21)Sc1ccccc1S3. The van der Waals surface area contributed by atoms with Gasteiger partial charge in [-0.05, 0) is 112 Å². The van der Waals surface area contributed by atoms with Crippen molar-refractivity contribution in [3.63, 3.8) is 0 Å². The van der Waals surface area contributed by atoms with Gasteiger partial charge in [-0.2, -0.15) is 0 Å². The van der Waals surface area contributed by atoms with Gasteiger partial charge in [0, 0.05) is 64.1 Å². The number of hydrogen-bond donors (Lipinski definition) is 0. The third kappa shape index (κ3) is 5.81. The van der Waals surface area contributed by atoms with Gasteiger partial charge in [0.05, 0.1) is 11.0 Å². The fourth-order valence-corrected chi connectivity index (χ4v) is 12.3. The smallest absolute Gasteiger partial charge is 0.0622 e. The summed E-state index contributed by atoms with van der Waals surface area (Å²) in [5.74, 6) is 0.